The molecule has 0 saturated heterocycles. The Bertz CT molecular complexity index is 286. The highest BCUT2D eigenvalue weighted by Crippen LogP contribution is 2.06. The molecule has 4 heteroatoms. The van der Waals surface area contributed by atoms with Gasteiger partial charge in [-0.05, 0) is 20.8 Å². The fourth-order valence-corrected chi connectivity index (χ4v) is 0.835. The van der Waals surface area contributed by atoms with Crippen LogP contribution in [0, 0.1) is 6.92 Å². The third-order valence-electron chi connectivity index (χ3n) is 1.61. The van der Waals surface area contributed by atoms with Crippen molar-refractivity contribution in [3.63, 3.8) is 0 Å². The van der Waals surface area contributed by atoms with E-state index in [-0.39, 0.29) is 6.10 Å². The number of rotatable bonds is 3. The van der Waals surface area contributed by atoms with E-state index in [0.29, 0.717) is 18.1 Å². The van der Waals surface area contributed by atoms with Crippen LogP contribution in [0.4, 0.5) is 5.69 Å². The molecule has 0 atom stereocenters. The predicted octanol–water partition coefficient (Wildman–Crippen LogP) is 1.29. The van der Waals surface area contributed by atoms with Gasteiger partial charge in [0.1, 0.15) is 6.61 Å². The Hall–Kier alpha value is -1.16. The number of anilines is 1. The zero-order valence-corrected chi connectivity index (χ0v) is 8.24. The smallest absolute Gasteiger partial charge is 0.154 e. The van der Waals surface area contributed by atoms with Crippen molar-refractivity contribution in [1.29, 1.82) is 0 Å². The van der Waals surface area contributed by atoms with E-state index in [9.17, 15) is 0 Å². The van der Waals surface area contributed by atoms with Crippen molar-refractivity contribution >= 4 is 5.69 Å². The third-order valence-corrected chi connectivity index (χ3v) is 1.61. The van der Waals surface area contributed by atoms with Gasteiger partial charge in [-0.1, -0.05) is 0 Å². The van der Waals surface area contributed by atoms with Crippen LogP contribution in [0.3, 0.4) is 0 Å². The lowest BCUT2D eigenvalue weighted by Crippen LogP contribution is -2.07. The van der Waals surface area contributed by atoms with Crippen LogP contribution in [0.25, 0.3) is 0 Å². The minimum atomic E-state index is 0.196. The molecule has 0 saturated carbocycles. The molecular formula is C9H15N3O. The molecule has 0 aromatic carbocycles. The molecule has 0 radical (unpaired) electrons. The van der Waals surface area contributed by atoms with Gasteiger partial charge in [0.25, 0.3) is 0 Å². The Morgan fingerprint density at radius 1 is 1.54 bits per heavy atom. The molecule has 0 fully saturated rings. The Balaban J connectivity index is 2.63. The largest absolute Gasteiger partial charge is 0.396 e. The molecule has 1 aromatic heterocycles. The first-order valence-electron chi connectivity index (χ1n) is 4.29. The van der Waals surface area contributed by atoms with Crippen LogP contribution in [0.2, 0.25) is 0 Å². The number of aryl methyl sites for hydroxylation is 1. The summed E-state index contributed by atoms with van der Waals surface area (Å²) in [6, 6.07) is 0. The van der Waals surface area contributed by atoms with Crippen LogP contribution in [0.15, 0.2) is 6.20 Å². The number of nitrogens with zero attached hydrogens (tertiary/aromatic N) is 2. The SMILES string of the molecule is Cc1nc(COC(C)C)ncc1N. The maximum atomic E-state index is 5.58. The molecule has 0 aliphatic heterocycles. The van der Waals surface area contributed by atoms with E-state index in [2.05, 4.69) is 9.97 Å². The summed E-state index contributed by atoms with van der Waals surface area (Å²) in [5.74, 6) is 0.681. The first-order valence-corrected chi connectivity index (χ1v) is 4.29. The quantitative estimate of drug-likeness (QED) is 0.763. The van der Waals surface area contributed by atoms with E-state index < -0.39 is 0 Å². The van der Waals surface area contributed by atoms with E-state index in [1.807, 2.05) is 20.8 Å². The normalized spacial score (nSPS) is 10.8. The van der Waals surface area contributed by atoms with E-state index in [1.165, 1.54) is 0 Å². The molecule has 0 amide bonds. The van der Waals surface area contributed by atoms with Crippen molar-refractivity contribution in [2.75, 3.05) is 5.73 Å². The molecule has 1 heterocycles. The van der Waals surface area contributed by atoms with Crippen molar-refractivity contribution in [2.45, 2.75) is 33.5 Å². The number of aromatic nitrogens is 2. The van der Waals surface area contributed by atoms with Gasteiger partial charge in [-0.15, -0.1) is 0 Å². The molecule has 72 valence electrons. The van der Waals surface area contributed by atoms with Gasteiger partial charge >= 0.3 is 0 Å². The molecule has 1 aromatic rings. The van der Waals surface area contributed by atoms with Crippen LogP contribution in [0.1, 0.15) is 25.4 Å². The molecule has 0 unspecified atom stereocenters. The second-order valence-electron chi connectivity index (χ2n) is 3.19. The lowest BCUT2D eigenvalue weighted by Gasteiger charge is -2.07. The standard InChI is InChI=1S/C9H15N3O/c1-6(2)13-5-9-11-4-8(10)7(3)12-9/h4,6H,5,10H2,1-3H3. The molecule has 13 heavy (non-hydrogen) atoms. The van der Waals surface area contributed by atoms with Crippen molar-refractivity contribution in [3.8, 4) is 0 Å². The molecular weight excluding hydrogens is 166 g/mol. The van der Waals surface area contributed by atoms with Gasteiger partial charge in [-0.25, -0.2) is 9.97 Å². The third kappa shape index (κ3) is 2.99. The minimum absolute atomic E-state index is 0.196. The highest BCUT2D eigenvalue weighted by molar-refractivity contribution is 5.38. The van der Waals surface area contributed by atoms with Crippen molar-refractivity contribution in [2.24, 2.45) is 0 Å². The Morgan fingerprint density at radius 3 is 2.77 bits per heavy atom. The van der Waals surface area contributed by atoms with Crippen molar-refractivity contribution < 1.29 is 4.74 Å². The van der Waals surface area contributed by atoms with Gasteiger partial charge < -0.3 is 10.5 Å². The average molecular weight is 181 g/mol. The van der Waals surface area contributed by atoms with Gasteiger partial charge in [-0.3, -0.25) is 0 Å². The summed E-state index contributed by atoms with van der Waals surface area (Å²) < 4.78 is 5.36. The Labute approximate surface area is 78.1 Å². The summed E-state index contributed by atoms with van der Waals surface area (Å²) in [7, 11) is 0. The van der Waals surface area contributed by atoms with Crippen molar-refractivity contribution in [3.05, 3.63) is 17.7 Å². The summed E-state index contributed by atoms with van der Waals surface area (Å²) in [4.78, 5) is 8.23. The number of ether oxygens (including phenoxy) is 1. The first kappa shape index (κ1) is 9.92. The summed E-state index contributed by atoms with van der Waals surface area (Å²) in [5, 5.41) is 0. The van der Waals surface area contributed by atoms with Gasteiger partial charge in [0, 0.05) is 0 Å². The Kier molecular flexibility index (Phi) is 3.19. The maximum Gasteiger partial charge on any atom is 0.154 e. The summed E-state index contributed by atoms with van der Waals surface area (Å²) >= 11 is 0. The number of nitrogen functional groups attached to an aromatic ring is 1. The second kappa shape index (κ2) is 4.18. The monoisotopic (exact) mass is 181 g/mol. The topological polar surface area (TPSA) is 61.0 Å². The van der Waals surface area contributed by atoms with Gasteiger partial charge in [0.15, 0.2) is 5.82 Å². The number of hydrogen-bond acceptors (Lipinski definition) is 4. The molecule has 0 aliphatic carbocycles. The summed E-state index contributed by atoms with van der Waals surface area (Å²) in [6.45, 7) is 6.25. The van der Waals surface area contributed by atoms with E-state index in [4.69, 9.17) is 10.5 Å². The van der Waals surface area contributed by atoms with Crippen LogP contribution in [-0.2, 0) is 11.3 Å². The second-order valence-corrected chi connectivity index (χ2v) is 3.19. The first-order chi connectivity index (χ1) is 6.09. The van der Waals surface area contributed by atoms with Crippen molar-refractivity contribution in [1.82, 2.24) is 9.97 Å². The predicted molar refractivity (Wildman–Crippen MR) is 51.1 cm³/mol. The fraction of sp³-hybridized carbons (Fsp3) is 0.556. The lowest BCUT2D eigenvalue weighted by atomic mass is 10.4. The van der Waals surface area contributed by atoms with Crippen LogP contribution in [0.5, 0.6) is 0 Å². The van der Waals surface area contributed by atoms with E-state index >= 15 is 0 Å². The van der Waals surface area contributed by atoms with Crippen LogP contribution in [-0.4, -0.2) is 16.1 Å². The summed E-state index contributed by atoms with van der Waals surface area (Å²) in [5.41, 5.74) is 7.00. The molecule has 4 nitrogen and oxygen atoms in total. The van der Waals surface area contributed by atoms with E-state index in [0.717, 1.165) is 5.69 Å². The molecule has 1 rings (SSSR count). The minimum Gasteiger partial charge on any atom is -0.396 e. The average Bonchev–Trinajstić information content (AvgIpc) is 2.07. The van der Waals surface area contributed by atoms with Gasteiger partial charge in [0.05, 0.1) is 23.7 Å². The zero-order valence-electron chi connectivity index (χ0n) is 8.24. The van der Waals surface area contributed by atoms with Gasteiger partial charge in [0.2, 0.25) is 0 Å². The molecule has 0 bridgehead atoms. The molecule has 0 aliphatic rings. The lowest BCUT2D eigenvalue weighted by molar-refractivity contribution is 0.0612. The number of hydrogen-bond donors (Lipinski definition) is 1. The van der Waals surface area contributed by atoms with Crippen LogP contribution >= 0.6 is 0 Å². The molecule has 0 spiro atoms. The van der Waals surface area contributed by atoms with Crippen LogP contribution < -0.4 is 5.73 Å². The fourth-order valence-electron chi connectivity index (χ4n) is 0.835. The highest BCUT2D eigenvalue weighted by Gasteiger charge is 2.01. The van der Waals surface area contributed by atoms with Gasteiger partial charge in [-0.2, -0.15) is 0 Å². The zero-order chi connectivity index (χ0) is 9.84. The molecule has 2 N–H and O–H groups in total. The highest BCUT2D eigenvalue weighted by atomic mass is 16.5. The summed E-state index contributed by atoms with van der Waals surface area (Å²) in [6.07, 6.45) is 1.81. The maximum absolute atomic E-state index is 5.58. The van der Waals surface area contributed by atoms with E-state index in [1.54, 1.807) is 6.20 Å². The number of nitrogens with two attached hydrogens (primary N) is 1. The Morgan fingerprint density at radius 2 is 2.23 bits per heavy atom.